The van der Waals surface area contributed by atoms with Gasteiger partial charge in [0.25, 0.3) is 0 Å². The molecule has 1 aromatic rings. The number of methoxy groups -OCH3 is 1. The van der Waals surface area contributed by atoms with Crippen LogP contribution in [0, 0.1) is 64.1 Å². The first-order valence-electron chi connectivity index (χ1n) is 44.5. The molecule has 0 aliphatic rings. The summed E-state index contributed by atoms with van der Waals surface area (Å²) in [5, 5.41) is 0. The van der Waals surface area contributed by atoms with Crippen LogP contribution in [0.25, 0.3) is 0 Å². The molecule has 0 spiro atoms. The van der Waals surface area contributed by atoms with Gasteiger partial charge in [0.05, 0.1) is 17.9 Å². The summed E-state index contributed by atoms with van der Waals surface area (Å²) in [7, 11) is -35.3. The topological polar surface area (TPSA) is 191 Å². The minimum Gasteiger partial charge on any atom is -0.469 e. The van der Waals surface area contributed by atoms with Gasteiger partial charge in [0.15, 0.2) is 82.5 Å². The van der Waals surface area contributed by atoms with Gasteiger partial charge in [-0.2, -0.15) is 0 Å². The summed E-state index contributed by atoms with van der Waals surface area (Å²) in [6.45, 7) is 104. The van der Waals surface area contributed by atoms with Crippen molar-refractivity contribution in [1.82, 2.24) is 0 Å². The fourth-order valence-corrected chi connectivity index (χ4v) is 80.0. The Morgan fingerprint density at radius 3 is 0.879 bits per heavy atom. The number of carbonyl (C=O) groups is 2. The molecular weight excluding hydrogens is 1690 g/mol. The lowest BCUT2D eigenvalue weighted by Crippen LogP contribution is -2.66. The van der Waals surface area contributed by atoms with Crippen LogP contribution in [0.15, 0.2) is 30.3 Å². The van der Waals surface area contributed by atoms with E-state index in [4.69, 9.17) is 68.3 Å². The van der Waals surface area contributed by atoms with E-state index in [0.29, 0.717) is 116 Å². The molecule has 0 bridgehead atoms. The van der Waals surface area contributed by atoms with Gasteiger partial charge in [-0.3, -0.25) is 9.59 Å². The molecule has 1 unspecified atom stereocenters. The molecule has 0 aliphatic heterocycles. The zero-order chi connectivity index (χ0) is 91.6. The van der Waals surface area contributed by atoms with Gasteiger partial charge in [-0.05, 0) is 254 Å². The van der Waals surface area contributed by atoms with Crippen LogP contribution in [0.2, 0.25) is 166 Å². The SMILES string of the molecule is CC(C)CO[Si](C[Si](C)(C)O[Si](C)(O[Si](C)(C)C[Si](OCC(C)C)(OCC(C)C)O[Si](C)(C)CC(C)C)O[Si](C)(C)C[Si](OCC(C)C)(OCC(C)C)O[Si](C)(C)CC(C)C)(OCC(C)C)O[SiH2]CC(C)C.CCC(C)(C)C(=O)OC.CCC(C)(C)C(=O)OC[Si](O[Si](C)(C)C)(O[Si](C)(C)C)O[Si](C)(C)C.CCC(C)c1ccccc1. The van der Waals surface area contributed by atoms with Crippen molar-refractivity contribution in [1.29, 1.82) is 0 Å². The predicted octanol–water partition coefficient (Wildman–Crippen LogP) is 24.4. The van der Waals surface area contributed by atoms with E-state index >= 15 is 0 Å². The maximum absolute atomic E-state index is 12.5. The molecule has 1 rings (SSSR count). The molecule has 0 heterocycles. The summed E-state index contributed by atoms with van der Waals surface area (Å²) in [4.78, 5) is 23.3. The molecule has 0 amide bonds. The molecule has 1 atom stereocenters. The van der Waals surface area contributed by atoms with Crippen LogP contribution in [0.4, 0.5) is 0 Å². The van der Waals surface area contributed by atoms with Crippen molar-refractivity contribution in [2.45, 2.75) is 371 Å². The zero-order valence-electron chi connectivity index (χ0n) is 84.4. The van der Waals surface area contributed by atoms with Crippen LogP contribution >= 0.6 is 0 Å². The lowest BCUT2D eigenvalue weighted by Gasteiger charge is -2.47. The Hall–Kier alpha value is 0.596. The smallest absolute Gasteiger partial charge is 0.469 e. The number of ether oxygens (including phenoxy) is 2. The highest BCUT2D eigenvalue weighted by atomic mass is 28.5. The number of esters is 2. The quantitative estimate of drug-likeness (QED) is 0.0441. The van der Waals surface area contributed by atoms with Gasteiger partial charge in [0.1, 0.15) is 0 Å². The lowest BCUT2D eigenvalue weighted by molar-refractivity contribution is -0.153. The summed E-state index contributed by atoms with van der Waals surface area (Å²) in [5.74, 6) is 3.71. The normalized spacial score (nSPS) is 14.4. The summed E-state index contributed by atoms with van der Waals surface area (Å²) < 4.78 is 118. The van der Waals surface area contributed by atoms with Gasteiger partial charge < -0.3 is 73.1 Å². The van der Waals surface area contributed by atoms with E-state index in [9.17, 15) is 9.59 Å². The van der Waals surface area contributed by atoms with Crippen molar-refractivity contribution in [2.24, 2.45) is 64.1 Å². The summed E-state index contributed by atoms with van der Waals surface area (Å²) in [6, 6.07) is 13.7. The molecule has 0 saturated carbocycles. The summed E-state index contributed by atoms with van der Waals surface area (Å²) in [5.41, 5.74) is 2.38. The standard InChI is InChI=1S/C50H122O12Si10.C16H40O5Si4.C10H14.C7H14O2/c1-42(2)30-51-70(52-31-43(3)4,57-63-36-48(13)14)39-66(23,24)58-69(29,59-67(25,26)40-71(53-32-44(5)6,54-33-45(7)8)61-64(19,20)37-49(15)16)60-68(27,28)41-72(55-34-46(9)10,56-35-47(11)12)62-65(21,22)38-50(17)18;1-13-16(2,3)15(17)18-14-25(19-22(4,5)6,20-23(7,8)9)21-24(10,11)12;1-3-9(2)10-7-5-4-6-8-10;1-5-7(2,3)6(8)9-4/h42-50H,30-41,63H2,1-29H3;13-14H2,1-12H3;4-9H,3H2,1-2H3;5H2,1-4H3. The van der Waals surface area contributed by atoms with Crippen molar-refractivity contribution >= 4 is 132 Å². The van der Waals surface area contributed by atoms with Crippen molar-refractivity contribution in [3.05, 3.63) is 35.9 Å². The fourth-order valence-electron chi connectivity index (χ4n) is 12.6. The van der Waals surface area contributed by atoms with E-state index in [1.807, 2.05) is 41.5 Å². The maximum atomic E-state index is 12.5. The van der Waals surface area contributed by atoms with Gasteiger partial charge in [0, 0.05) is 63.2 Å². The van der Waals surface area contributed by atoms with Crippen molar-refractivity contribution in [3.63, 3.8) is 0 Å². The molecule has 19 nitrogen and oxygen atoms in total. The van der Waals surface area contributed by atoms with Crippen molar-refractivity contribution < 1.29 is 82.7 Å². The highest BCUT2D eigenvalue weighted by Crippen LogP contribution is 2.40. The number of hydrogen-bond acceptors (Lipinski definition) is 19. The monoisotopic (exact) mass is 1880 g/mol. The second-order valence-electron chi connectivity index (χ2n) is 43.8. The van der Waals surface area contributed by atoms with E-state index in [-0.39, 0.29) is 23.6 Å². The van der Waals surface area contributed by atoms with Crippen LogP contribution in [0.3, 0.4) is 0 Å². The van der Waals surface area contributed by atoms with Crippen LogP contribution in [0.5, 0.6) is 0 Å². The molecule has 0 aliphatic carbocycles. The predicted molar refractivity (Wildman–Crippen MR) is 525 cm³/mol. The maximum Gasteiger partial charge on any atom is 0.509 e. The van der Waals surface area contributed by atoms with Gasteiger partial charge in [-0.15, -0.1) is 0 Å². The Morgan fingerprint density at radius 1 is 0.353 bits per heavy atom. The summed E-state index contributed by atoms with van der Waals surface area (Å²) >= 11 is 0. The molecule has 0 radical (unpaired) electrons. The van der Waals surface area contributed by atoms with Crippen molar-refractivity contribution in [2.75, 3.05) is 53.0 Å². The molecule has 0 saturated heterocycles. The number of hydrogen-bond donors (Lipinski definition) is 0. The second-order valence-corrected chi connectivity index (χ2v) is 97.0. The lowest BCUT2D eigenvalue weighted by atomic mass is 9.91. The van der Waals surface area contributed by atoms with E-state index in [2.05, 4.69) is 304 Å². The van der Waals surface area contributed by atoms with Gasteiger partial charge >= 0.3 is 56.0 Å². The van der Waals surface area contributed by atoms with E-state index in [1.165, 1.54) is 19.1 Å². The largest absolute Gasteiger partial charge is 0.509 e. The molecule has 0 N–H and O–H groups in total. The third-order valence-electron chi connectivity index (χ3n) is 17.6. The summed E-state index contributed by atoms with van der Waals surface area (Å²) in [6.07, 6.45) is 2.87. The highest BCUT2D eigenvalue weighted by Gasteiger charge is 2.61. The number of rotatable bonds is 56. The van der Waals surface area contributed by atoms with Gasteiger partial charge in [-0.1, -0.05) is 183 Å². The van der Waals surface area contributed by atoms with Crippen LogP contribution in [0.1, 0.15) is 211 Å². The Morgan fingerprint density at radius 2 is 0.638 bits per heavy atom. The van der Waals surface area contributed by atoms with Gasteiger partial charge in [0.2, 0.25) is 0 Å². The Balaban J connectivity index is -0.00000231. The Kier molecular flexibility index (Phi) is 55.6. The van der Waals surface area contributed by atoms with Crippen LogP contribution in [-0.2, 0) is 82.7 Å². The van der Waals surface area contributed by atoms with Crippen LogP contribution in [-0.4, -0.2) is 185 Å². The third-order valence-corrected chi connectivity index (χ3v) is 73.8. The molecule has 0 aromatic heterocycles. The molecular formula is C83H190O19Si14. The van der Waals surface area contributed by atoms with E-state index < -0.39 is 126 Å². The first-order chi connectivity index (χ1) is 52.1. The minimum atomic E-state index is -3.66. The average molecular weight is 1890 g/mol. The van der Waals surface area contributed by atoms with Crippen LogP contribution < -0.4 is 0 Å². The number of carbonyl (C=O) groups excluding carboxylic acids is 2. The third kappa shape index (κ3) is 58.1. The van der Waals surface area contributed by atoms with E-state index in [0.717, 1.165) is 31.0 Å². The molecule has 692 valence electrons. The Bertz CT molecular complexity index is 2640. The van der Waals surface area contributed by atoms with Gasteiger partial charge in [-0.25, -0.2) is 0 Å². The number of benzene rings is 1. The molecule has 1 aromatic carbocycles. The first kappa shape index (κ1) is 121. The molecule has 116 heavy (non-hydrogen) atoms. The fraction of sp³-hybridized carbons (Fsp3) is 0.904. The minimum absolute atomic E-state index is 0.105. The highest BCUT2D eigenvalue weighted by molar-refractivity contribution is 6.99. The molecule has 0 fully saturated rings. The Labute approximate surface area is 733 Å². The van der Waals surface area contributed by atoms with E-state index in [1.54, 1.807) is 0 Å². The van der Waals surface area contributed by atoms with Crippen molar-refractivity contribution in [3.8, 4) is 0 Å². The zero-order valence-corrected chi connectivity index (χ0v) is 98.9. The average Bonchev–Trinajstić information content (AvgIpc) is 0.775. The molecule has 33 heteroatoms. The first-order valence-corrected chi connectivity index (χ1v) is 81.8. The second kappa shape index (κ2) is 53.4.